The Morgan fingerprint density at radius 2 is 0.629 bits per heavy atom. The third-order valence-corrected chi connectivity index (χ3v) is 21.1. The molecule has 13 aromatic rings. The zero-order valence-corrected chi connectivity index (χ0v) is 55.9. The van der Waals surface area contributed by atoms with Crippen LogP contribution in [0, 0.1) is 59.2 Å². The highest BCUT2D eigenvalue weighted by Crippen LogP contribution is 2.47. The minimum absolute atomic E-state index is 0.389. The van der Waals surface area contributed by atoms with Crippen LogP contribution in [-0.2, 0) is 0 Å². The SMILES string of the molecule is CC1=CCCC(C)=C1c1ccc2c(c1)c1cc(C3=C(C)CCC=C3C)ccc1n2-c1c(C#N)cc(-c2ccc3c4ccc(-c5cc(C#N)c(-n6c7ccc(C8=C(C)CCC=C8C)cc7c7cc(-c8c(C)cccc8C)ccc76)c(C#N)c5)cc4n(-c4ccccc4)c3c2)cc1C#N. The molecule has 16 rings (SSSR count). The fourth-order valence-corrected chi connectivity index (χ4v) is 16.7. The molecule has 0 unspecified atom stereocenters. The number of benzene rings is 10. The van der Waals surface area contributed by atoms with Crippen LogP contribution in [-0.4, -0.2) is 13.7 Å². The van der Waals surface area contributed by atoms with Crippen LogP contribution in [0.1, 0.15) is 130 Å². The van der Waals surface area contributed by atoms with Gasteiger partial charge in [-0.3, -0.25) is 0 Å². The van der Waals surface area contributed by atoms with E-state index in [1.54, 1.807) is 0 Å². The van der Waals surface area contributed by atoms with Gasteiger partial charge in [0.15, 0.2) is 0 Å². The predicted octanol–water partition coefficient (Wildman–Crippen LogP) is 23.6. The van der Waals surface area contributed by atoms with Gasteiger partial charge in [-0.15, -0.1) is 0 Å². The quantitative estimate of drug-likeness (QED) is 0.143. The number of nitrogens with zero attached hydrogens (tertiary/aromatic N) is 7. The van der Waals surface area contributed by atoms with Crippen molar-refractivity contribution in [3.05, 3.63) is 284 Å². The molecule has 3 heterocycles. The second kappa shape index (κ2) is 23.5. The average molecular weight is 1250 g/mol. The van der Waals surface area contributed by atoms with Gasteiger partial charge in [-0.05, 0) is 286 Å². The number of rotatable bonds is 9. The van der Waals surface area contributed by atoms with Crippen molar-refractivity contribution in [2.45, 2.75) is 93.9 Å². The van der Waals surface area contributed by atoms with Crippen LogP contribution in [0.25, 0.3) is 133 Å². The largest absolute Gasteiger partial charge is 0.309 e. The number of para-hydroxylation sites is 1. The number of aromatic nitrogens is 3. The summed E-state index contributed by atoms with van der Waals surface area (Å²) in [7, 11) is 0. The zero-order chi connectivity index (χ0) is 66.7. The lowest BCUT2D eigenvalue weighted by atomic mass is 9.86. The van der Waals surface area contributed by atoms with Crippen LogP contribution in [0.3, 0.4) is 0 Å². The average Bonchev–Trinajstić information content (AvgIpc) is 1.59. The van der Waals surface area contributed by atoms with Crippen molar-refractivity contribution in [1.82, 2.24) is 13.7 Å². The summed E-state index contributed by atoms with van der Waals surface area (Å²) in [5.41, 5.74) is 32.5. The van der Waals surface area contributed by atoms with E-state index in [2.05, 4.69) is 251 Å². The van der Waals surface area contributed by atoms with Crippen LogP contribution >= 0.6 is 0 Å². The molecule has 97 heavy (non-hydrogen) atoms. The number of fused-ring (bicyclic) bond motifs is 9. The van der Waals surface area contributed by atoms with Crippen LogP contribution in [0.2, 0.25) is 0 Å². The molecule has 0 bridgehead atoms. The normalized spacial score (nSPS) is 14.4. The van der Waals surface area contributed by atoms with Gasteiger partial charge < -0.3 is 13.7 Å². The zero-order valence-electron chi connectivity index (χ0n) is 55.9. The summed E-state index contributed by atoms with van der Waals surface area (Å²) in [6, 6.07) is 74.3. The Morgan fingerprint density at radius 3 is 0.979 bits per heavy atom. The van der Waals surface area contributed by atoms with Gasteiger partial charge in [-0.1, -0.05) is 120 Å². The number of allylic oxidation sites excluding steroid dienone is 12. The fraction of sp³-hybridized carbons (Fsp3) is 0.156. The standard InChI is InChI=1S/C90H69N7/c1-52-16-12-17-53(2)85(52)62-28-34-79-75(42-62)76-43-63(86-54(3)18-13-19-55(86)4)29-35-80(76)96(79)89-68(48-91)38-66(39-69(89)49-92)60-26-32-73-74-33-27-61(47-84(74)95(83(73)46-60)72-24-10-9-11-25-72)67-40-70(50-93)90(71(41-67)51-94)97-81-36-30-64(87-56(5)20-14-21-57(87)6)44-77(81)78-45-65(31-37-82(78)97)88-58(7)22-15-23-59(88)8/h9-12,16-18,20,22,24-47H,13-15,19,21,23H2,1-8H3. The second-order valence-corrected chi connectivity index (χ2v) is 27.0. The van der Waals surface area contributed by atoms with Gasteiger partial charge in [-0.25, -0.2) is 0 Å². The Bertz CT molecular complexity index is 5870. The highest BCUT2D eigenvalue weighted by Gasteiger charge is 2.27. The molecular formula is C90H69N7. The van der Waals surface area contributed by atoms with E-state index in [1.807, 2.05) is 42.5 Å². The summed E-state index contributed by atoms with van der Waals surface area (Å²) in [5, 5.41) is 51.8. The van der Waals surface area contributed by atoms with Gasteiger partial charge in [0, 0.05) is 38.0 Å². The third kappa shape index (κ3) is 9.64. The van der Waals surface area contributed by atoms with E-state index in [0.717, 1.165) is 143 Å². The van der Waals surface area contributed by atoms with E-state index in [-0.39, 0.29) is 0 Å². The van der Waals surface area contributed by atoms with Crippen molar-refractivity contribution >= 4 is 82.1 Å². The number of hydrogen-bond acceptors (Lipinski definition) is 4. The molecular weight excluding hydrogens is 1180 g/mol. The molecule has 0 amide bonds. The van der Waals surface area contributed by atoms with Crippen molar-refractivity contribution in [2.75, 3.05) is 0 Å². The van der Waals surface area contributed by atoms with Crippen LogP contribution in [0.15, 0.2) is 234 Å². The first-order valence-corrected chi connectivity index (χ1v) is 33.7. The molecule has 0 radical (unpaired) electrons. The molecule has 464 valence electrons. The summed E-state index contributed by atoms with van der Waals surface area (Å²) in [4.78, 5) is 0. The molecule has 0 atom stereocenters. The van der Waals surface area contributed by atoms with Gasteiger partial charge in [0.25, 0.3) is 0 Å². The Morgan fingerprint density at radius 1 is 0.289 bits per heavy atom. The van der Waals surface area contributed by atoms with Gasteiger partial charge in [-0.2, -0.15) is 21.0 Å². The van der Waals surface area contributed by atoms with E-state index in [9.17, 15) is 21.0 Å². The molecule has 7 nitrogen and oxygen atoms in total. The van der Waals surface area contributed by atoms with Crippen LogP contribution < -0.4 is 0 Å². The fourth-order valence-electron chi connectivity index (χ4n) is 16.7. The lowest BCUT2D eigenvalue weighted by Crippen LogP contribution is -2.03. The molecule has 0 fully saturated rings. The molecule has 10 aromatic carbocycles. The molecule has 0 saturated carbocycles. The maximum Gasteiger partial charge on any atom is 0.101 e. The summed E-state index contributed by atoms with van der Waals surface area (Å²) in [5.74, 6) is 0. The third-order valence-electron chi connectivity index (χ3n) is 21.1. The van der Waals surface area contributed by atoms with Crippen molar-refractivity contribution in [2.24, 2.45) is 0 Å². The topological polar surface area (TPSA) is 110 Å². The maximum atomic E-state index is 11.4. The summed E-state index contributed by atoms with van der Waals surface area (Å²) < 4.78 is 6.54. The Kier molecular flexibility index (Phi) is 14.5. The van der Waals surface area contributed by atoms with E-state index >= 15 is 0 Å². The van der Waals surface area contributed by atoms with Gasteiger partial charge >= 0.3 is 0 Å². The van der Waals surface area contributed by atoms with Crippen molar-refractivity contribution in [3.8, 4) is 74.7 Å². The minimum atomic E-state index is 0.389. The van der Waals surface area contributed by atoms with E-state index in [0.29, 0.717) is 33.6 Å². The molecule has 0 saturated heterocycles. The smallest absolute Gasteiger partial charge is 0.101 e. The van der Waals surface area contributed by atoms with Crippen LogP contribution in [0.5, 0.6) is 0 Å². The highest BCUT2D eigenvalue weighted by atomic mass is 15.0. The molecule has 3 aliphatic rings. The van der Waals surface area contributed by atoms with Gasteiger partial charge in [0.05, 0.1) is 66.7 Å². The van der Waals surface area contributed by atoms with E-state index < -0.39 is 0 Å². The summed E-state index contributed by atoms with van der Waals surface area (Å²) >= 11 is 0. The Hall–Kier alpha value is -12.0. The second-order valence-electron chi connectivity index (χ2n) is 27.0. The summed E-state index contributed by atoms with van der Waals surface area (Å²) in [6.07, 6.45) is 13.2. The molecule has 3 aromatic heterocycles. The Balaban J connectivity index is 0.836. The van der Waals surface area contributed by atoms with Crippen molar-refractivity contribution in [1.29, 1.82) is 21.0 Å². The van der Waals surface area contributed by atoms with Crippen LogP contribution in [0.4, 0.5) is 0 Å². The number of nitriles is 4. The van der Waals surface area contributed by atoms with Gasteiger partial charge in [0.1, 0.15) is 24.3 Å². The number of aryl methyl sites for hydroxylation is 2. The van der Waals surface area contributed by atoms with E-state index in [4.69, 9.17) is 0 Å². The Labute approximate surface area is 565 Å². The molecule has 0 spiro atoms. The van der Waals surface area contributed by atoms with Crippen molar-refractivity contribution < 1.29 is 0 Å². The lowest BCUT2D eigenvalue weighted by Gasteiger charge is -2.18. The molecule has 0 N–H and O–H groups in total. The summed E-state index contributed by atoms with van der Waals surface area (Å²) in [6.45, 7) is 17.7. The first-order chi connectivity index (χ1) is 47.2. The highest BCUT2D eigenvalue weighted by molar-refractivity contribution is 6.15. The maximum absolute atomic E-state index is 11.4. The molecule has 0 aliphatic heterocycles. The van der Waals surface area contributed by atoms with E-state index in [1.165, 1.54) is 78.0 Å². The first kappa shape index (κ1) is 60.0. The predicted molar refractivity (Wildman–Crippen MR) is 401 cm³/mol. The van der Waals surface area contributed by atoms with Gasteiger partial charge in [0.2, 0.25) is 0 Å². The first-order valence-electron chi connectivity index (χ1n) is 33.7. The lowest BCUT2D eigenvalue weighted by molar-refractivity contribution is 0.953. The molecule has 7 heteroatoms. The number of hydrogen-bond donors (Lipinski definition) is 0. The molecule has 3 aliphatic carbocycles. The minimum Gasteiger partial charge on any atom is -0.309 e. The monoisotopic (exact) mass is 1250 g/mol. The van der Waals surface area contributed by atoms with Crippen molar-refractivity contribution in [3.63, 3.8) is 0 Å².